The van der Waals surface area contributed by atoms with Crippen molar-refractivity contribution < 1.29 is 19.1 Å². The summed E-state index contributed by atoms with van der Waals surface area (Å²) in [5.41, 5.74) is 2.20. The quantitative estimate of drug-likeness (QED) is 0.281. The molecule has 36 heavy (non-hydrogen) atoms. The van der Waals surface area contributed by atoms with Crippen molar-refractivity contribution in [2.75, 3.05) is 17.2 Å². The predicted molar refractivity (Wildman–Crippen MR) is 149 cm³/mol. The summed E-state index contributed by atoms with van der Waals surface area (Å²) in [5.74, 6) is -0.554. The summed E-state index contributed by atoms with van der Waals surface area (Å²) in [6, 6.07) is 7.53. The van der Waals surface area contributed by atoms with Gasteiger partial charge >= 0.3 is 5.97 Å². The maximum Gasteiger partial charge on any atom is 0.341 e. The third-order valence-electron chi connectivity index (χ3n) is 5.88. The monoisotopic (exact) mass is 530 g/mol. The lowest BCUT2D eigenvalue weighted by Crippen LogP contribution is -2.23. The van der Waals surface area contributed by atoms with Crippen molar-refractivity contribution in [1.29, 1.82) is 0 Å². The van der Waals surface area contributed by atoms with Gasteiger partial charge in [-0.1, -0.05) is 39.7 Å². The predicted octanol–water partition coefficient (Wildman–Crippen LogP) is 7.08. The van der Waals surface area contributed by atoms with E-state index in [1.807, 2.05) is 52.0 Å². The molecular formula is C28H38N2O4S2. The highest BCUT2D eigenvalue weighted by atomic mass is 32.2. The second-order valence-corrected chi connectivity index (χ2v) is 12.9. The number of rotatable bonds is 8. The van der Waals surface area contributed by atoms with Crippen molar-refractivity contribution >= 4 is 51.6 Å². The standard InChI is InChI=1S/C28H38N2O4S2/c1-6-34-27(33)24-21-14-9-7-8-10-15-22(21)36-26(24)30-25(32)18(2)35-20-13-11-12-19(16-20)29-23(31)17-28(3,4)5/h11-13,16,18H,6-10,14-15,17H2,1-5H3,(H,29,31)(H,30,32). The molecule has 1 unspecified atom stereocenters. The van der Waals surface area contributed by atoms with Crippen LogP contribution in [0, 0.1) is 5.41 Å². The lowest BCUT2D eigenvalue weighted by Gasteiger charge is -2.17. The zero-order valence-electron chi connectivity index (χ0n) is 22.0. The number of anilines is 2. The Morgan fingerprint density at radius 3 is 2.50 bits per heavy atom. The number of hydrogen-bond donors (Lipinski definition) is 2. The molecule has 196 valence electrons. The first-order valence-corrected chi connectivity index (χ1v) is 14.5. The number of thioether (sulfide) groups is 1. The van der Waals surface area contributed by atoms with Crippen molar-refractivity contribution in [2.24, 2.45) is 5.41 Å². The van der Waals surface area contributed by atoms with Gasteiger partial charge in [0, 0.05) is 21.9 Å². The van der Waals surface area contributed by atoms with E-state index in [2.05, 4.69) is 10.6 Å². The molecule has 1 heterocycles. The molecule has 0 fully saturated rings. The highest BCUT2D eigenvalue weighted by Gasteiger charge is 2.27. The normalized spacial score (nSPS) is 14.7. The van der Waals surface area contributed by atoms with Gasteiger partial charge in [0.05, 0.1) is 17.4 Å². The van der Waals surface area contributed by atoms with Crippen molar-refractivity contribution in [2.45, 2.75) is 89.7 Å². The minimum atomic E-state index is -0.398. The molecular weight excluding hydrogens is 492 g/mol. The van der Waals surface area contributed by atoms with Gasteiger partial charge in [-0.3, -0.25) is 9.59 Å². The molecule has 1 aliphatic rings. The number of nitrogens with one attached hydrogen (secondary N) is 2. The van der Waals surface area contributed by atoms with Crippen LogP contribution in [0.3, 0.4) is 0 Å². The van der Waals surface area contributed by atoms with Crippen LogP contribution in [-0.4, -0.2) is 29.6 Å². The fourth-order valence-electron chi connectivity index (χ4n) is 4.23. The number of esters is 1. The van der Waals surface area contributed by atoms with Gasteiger partial charge in [-0.05, 0) is 68.7 Å². The molecule has 0 aliphatic heterocycles. The van der Waals surface area contributed by atoms with Crippen LogP contribution in [0.4, 0.5) is 10.7 Å². The Morgan fingerprint density at radius 1 is 1.08 bits per heavy atom. The Labute approximate surface area is 223 Å². The number of benzene rings is 1. The van der Waals surface area contributed by atoms with Gasteiger partial charge in [0.1, 0.15) is 5.00 Å². The van der Waals surface area contributed by atoms with E-state index in [9.17, 15) is 14.4 Å². The van der Waals surface area contributed by atoms with E-state index in [1.165, 1.54) is 34.4 Å². The molecule has 1 atom stereocenters. The van der Waals surface area contributed by atoms with Crippen LogP contribution in [0.25, 0.3) is 0 Å². The number of fused-ring (bicyclic) bond motifs is 1. The van der Waals surface area contributed by atoms with E-state index in [0.29, 0.717) is 29.3 Å². The highest BCUT2D eigenvalue weighted by molar-refractivity contribution is 8.00. The van der Waals surface area contributed by atoms with Crippen LogP contribution < -0.4 is 10.6 Å². The smallest absolute Gasteiger partial charge is 0.341 e. The molecule has 6 nitrogen and oxygen atoms in total. The molecule has 2 N–H and O–H groups in total. The molecule has 0 saturated heterocycles. The van der Waals surface area contributed by atoms with Crippen LogP contribution in [0.15, 0.2) is 29.2 Å². The van der Waals surface area contributed by atoms with Gasteiger partial charge in [-0.15, -0.1) is 23.1 Å². The van der Waals surface area contributed by atoms with Gasteiger partial charge in [0.2, 0.25) is 11.8 Å². The van der Waals surface area contributed by atoms with E-state index in [1.54, 1.807) is 6.92 Å². The molecule has 0 bridgehead atoms. The van der Waals surface area contributed by atoms with Gasteiger partial charge in [0.15, 0.2) is 0 Å². The number of carbonyl (C=O) groups is 3. The van der Waals surface area contributed by atoms with Crippen LogP contribution in [0.1, 0.15) is 87.5 Å². The zero-order chi connectivity index (χ0) is 26.3. The second-order valence-electron chi connectivity index (χ2n) is 10.4. The molecule has 8 heteroatoms. The van der Waals surface area contributed by atoms with Crippen molar-refractivity contribution in [3.8, 4) is 0 Å². The number of hydrogen-bond acceptors (Lipinski definition) is 6. The summed E-state index contributed by atoms with van der Waals surface area (Å²) >= 11 is 2.93. The third-order valence-corrected chi connectivity index (χ3v) is 8.18. The molecule has 2 aromatic rings. The Bertz CT molecular complexity index is 1090. The number of ether oxygens (including phenoxy) is 1. The van der Waals surface area contributed by atoms with Gasteiger partial charge in [0.25, 0.3) is 0 Å². The summed E-state index contributed by atoms with van der Waals surface area (Å²) in [5, 5.41) is 6.18. The Hall–Kier alpha value is -2.32. The van der Waals surface area contributed by atoms with Gasteiger partial charge in [-0.2, -0.15) is 0 Å². The van der Waals surface area contributed by atoms with E-state index >= 15 is 0 Å². The third kappa shape index (κ3) is 8.10. The summed E-state index contributed by atoms with van der Waals surface area (Å²) < 4.78 is 5.35. The SMILES string of the molecule is CCOC(=O)c1c(NC(=O)C(C)Sc2cccc(NC(=O)CC(C)(C)C)c2)sc2c1CCCCCC2. The average molecular weight is 531 g/mol. The largest absolute Gasteiger partial charge is 0.462 e. The lowest BCUT2D eigenvalue weighted by molar-refractivity contribution is -0.118. The molecule has 2 amide bonds. The second kappa shape index (κ2) is 12.8. The molecule has 1 aliphatic carbocycles. The topological polar surface area (TPSA) is 84.5 Å². The van der Waals surface area contributed by atoms with E-state index < -0.39 is 5.25 Å². The number of amides is 2. The Morgan fingerprint density at radius 2 is 1.81 bits per heavy atom. The number of aryl methyl sites for hydroxylation is 1. The summed E-state index contributed by atoms with van der Waals surface area (Å²) in [6.07, 6.45) is 6.68. The van der Waals surface area contributed by atoms with E-state index in [0.717, 1.165) is 42.6 Å². The minimum absolute atomic E-state index is 0.0322. The molecule has 0 spiro atoms. The van der Waals surface area contributed by atoms with Crippen molar-refractivity contribution in [3.63, 3.8) is 0 Å². The van der Waals surface area contributed by atoms with Crippen LogP contribution in [0.2, 0.25) is 0 Å². The van der Waals surface area contributed by atoms with Crippen LogP contribution >= 0.6 is 23.1 Å². The maximum absolute atomic E-state index is 13.2. The first kappa shape index (κ1) is 28.3. The molecule has 1 aromatic carbocycles. The summed E-state index contributed by atoms with van der Waals surface area (Å²) in [4.78, 5) is 40.4. The fourth-order valence-corrected chi connectivity index (χ4v) is 6.44. The fraction of sp³-hybridized carbons (Fsp3) is 0.536. The molecule has 1 aromatic heterocycles. The van der Waals surface area contributed by atoms with Gasteiger partial charge < -0.3 is 15.4 Å². The van der Waals surface area contributed by atoms with Crippen LogP contribution in [0.5, 0.6) is 0 Å². The first-order chi connectivity index (χ1) is 17.1. The minimum Gasteiger partial charge on any atom is -0.462 e. The van der Waals surface area contributed by atoms with Crippen LogP contribution in [-0.2, 0) is 27.2 Å². The first-order valence-electron chi connectivity index (χ1n) is 12.8. The van der Waals surface area contributed by atoms with E-state index in [4.69, 9.17) is 4.74 Å². The molecule has 0 radical (unpaired) electrons. The highest BCUT2D eigenvalue weighted by Crippen LogP contribution is 2.38. The lowest BCUT2D eigenvalue weighted by atomic mass is 9.92. The summed E-state index contributed by atoms with van der Waals surface area (Å²) in [6.45, 7) is 10.0. The number of carbonyl (C=O) groups excluding carboxylic acids is 3. The Balaban J connectivity index is 1.72. The Kier molecular flexibility index (Phi) is 10.0. The number of thiophene rings is 1. The van der Waals surface area contributed by atoms with E-state index in [-0.39, 0.29) is 23.2 Å². The zero-order valence-corrected chi connectivity index (χ0v) is 23.6. The van der Waals surface area contributed by atoms with Crippen molar-refractivity contribution in [3.05, 3.63) is 40.3 Å². The molecule has 0 saturated carbocycles. The maximum atomic E-state index is 13.2. The van der Waals surface area contributed by atoms with Gasteiger partial charge in [-0.25, -0.2) is 4.79 Å². The summed E-state index contributed by atoms with van der Waals surface area (Å²) in [7, 11) is 0. The van der Waals surface area contributed by atoms with Crippen molar-refractivity contribution in [1.82, 2.24) is 0 Å². The molecule has 3 rings (SSSR count). The average Bonchev–Trinajstić information content (AvgIpc) is 3.08.